The molecule has 8 heteroatoms. The van der Waals surface area contributed by atoms with Gasteiger partial charge in [0.2, 0.25) is 10.0 Å². The van der Waals surface area contributed by atoms with Crippen molar-refractivity contribution < 1.29 is 13.2 Å². The first-order valence-corrected chi connectivity index (χ1v) is 9.86. The Bertz CT molecular complexity index is 854. The van der Waals surface area contributed by atoms with Gasteiger partial charge in [-0.3, -0.25) is 4.79 Å². The summed E-state index contributed by atoms with van der Waals surface area (Å²) in [7, 11) is -3.51. The standard InChI is InChI=1S/C17H22N4O3S/c1-3-12(2)21-16(10-11-18-21)19-17(22)13-4-8-15(9-5-13)25(23,24)20-14-6-7-14/h4-5,8-12,14,20H,3,6-7H2,1-2H3,(H,19,22). The Morgan fingerprint density at radius 2 is 1.96 bits per heavy atom. The number of anilines is 1. The minimum absolute atomic E-state index is 0.0498. The Labute approximate surface area is 147 Å². The molecule has 1 heterocycles. The van der Waals surface area contributed by atoms with Crippen LogP contribution in [0.25, 0.3) is 0 Å². The fraction of sp³-hybridized carbons (Fsp3) is 0.412. The number of carbonyl (C=O) groups is 1. The van der Waals surface area contributed by atoms with E-state index < -0.39 is 10.0 Å². The zero-order valence-corrected chi connectivity index (χ0v) is 15.1. The van der Waals surface area contributed by atoms with Crippen molar-refractivity contribution in [3.05, 3.63) is 42.1 Å². The molecular weight excluding hydrogens is 340 g/mol. The number of aromatic nitrogens is 2. The summed E-state index contributed by atoms with van der Waals surface area (Å²) in [5.41, 5.74) is 0.391. The molecule has 134 valence electrons. The number of carbonyl (C=O) groups excluding carboxylic acids is 1. The van der Waals surface area contributed by atoms with Crippen LogP contribution in [-0.2, 0) is 10.0 Å². The van der Waals surface area contributed by atoms with Crippen molar-refractivity contribution in [1.29, 1.82) is 0 Å². The van der Waals surface area contributed by atoms with Gasteiger partial charge in [-0.05, 0) is 50.5 Å². The third-order valence-electron chi connectivity index (χ3n) is 4.25. The molecule has 1 saturated carbocycles. The lowest BCUT2D eigenvalue weighted by atomic mass is 10.2. The molecule has 1 aromatic heterocycles. The van der Waals surface area contributed by atoms with Crippen LogP contribution in [0.4, 0.5) is 5.82 Å². The molecule has 1 aliphatic rings. The predicted octanol–water partition coefficient (Wildman–Crippen LogP) is 2.55. The van der Waals surface area contributed by atoms with Crippen LogP contribution in [0.15, 0.2) is 41.4 Å². The molecule has 1 atom stereocenters. The van der Waals surface area contributed by atoms with Gasteiger partial charge >= 0.3 is 0 Å². The third-order valence-corrected chi connectivity index (χ3v) is 5.78. The van der Waals surface area contributed by atoms with Crippen molar-refractivity contribution in [3.63, 3.8) is 0 Å². The molecule has 1 fully saturated rings. The van der Waals surface area contributed by atoms with E-state index in [9.17, 15) is 13.2 Å². The molecule has 0 aliphatic heterocycles. The van der Waals surface area contributed by atoms with Gasteiger partial charge in [-0.2, -0.15) is 5.10 Å². The molecule has 0 saturated heterocycles. The van der Waals surface area contributed by atoms with Crippen molar-refractivity contribution in [2.75, 3.05) is 5.32 Å². The lowest BCUT2D eigenvalue weighted by Crippen LogP contribution is -2.25. The summed E-state index contributed by atoms with van der Waals surface area (Å²) < 4.78 is 28.7. The lowest BCUT2D eigenvalue weighted by Gasteiger charge is -2.14. The Morgan fingerprint density at radius 1 is 1.28 bits per heavy atom. The number of sulfonamides is 1. The van der Waals surface area contributed by atoms with E-state index in [0.29, 0.717) is 11.4 Å². The monoisotopic (exact) mass is 362 g/mol. The predicted molar refractivity (Wildman–Crippen MR) is 95.0 cm³/mol. The highest BCUT2D eigenvalue weighted by molar-refractivity contribution is 7.89. The summed E-state index contributed by atoms with van der Waals surface area (Å²) in [5, 5.41) is 7.05. The minimum atomic E-state index is -3.51. The Balaban J connectivity index is 1.72. The van der Waals surface area contributed by atoms with Crippen molar-refractivity contribution in [2.45, 2.75) is 50.1 Å². The van der Waals surface area contributed by atoms with Gasteiger partial charge in [0, 0.05) is 17.7 Å². The van der Waals surface area contributed by atoms with E-state index in [2.05, 4.69) is 15.1 Å². The quantitative estimate of drug-likeness (QED) is 0.791. The van der Waals surface area contributed by atoms with E-state index in [1.807, 2.05) is 13.8 Å². The minimum Gasteiger partial charge on any atom is -0.307 e. The van der Waals surface area contributed by atoms with Gasteiger partial charge in [-0.1, -0.05) is 6.92 Å². The lowest BCUT2D eigenvalue weighted by molar-refractivity contribution is 0.102. The number of benzene rings is 1. The summed E-state index contributed by atoms with van der Waals surface area (Å²) in [4.78, 5) is 12.6. The first-order chi connectivity index (χ1) is 11.9. The Morgan fingerprint density at radius 3 is 2.56 bits per heavy atom. The van der Waals surface area contributed by atoms with Crippen LogP contribution in [0.3, 0.4) is 0 Å². The van der Waals surface area contributed by atoms with E-state index in [1.165, 1.54) is 24.3 Å². The van der Waals surface area contributed by atoms with Crippen LogP contribution < -0.4 is 10.0 Å². The highest BCUT2D eigenvalue weighted by Crippen LogP contribution is 2.22. The van der Waals surface area contributed by atoms with Crippen LogP contribution in [0, 0.1) is 0 Å². The second-order valence-corrected chi connectivity index (χ2v) is 8.01. The normalized spacial score (nSPS) is 15.8. The van der Waals surface area contributed by atoms with Crippen molar-refractivity contribution in [3.8, 4) is 0 Å². The summed E-state index contributed by atoms with van der Waals surface area (Å²) in [6.07, 6.45) is 4.29. The second-order valence-electron chi connectivity index (χ2n) is 6.29. The number of rotatable bonds is 7. The van der Waals surface area contributed by atoms with E-state index >= 15 is 0 Å². The van der Waals surface area contributed by atoms with Gasteiger partial charge in [-0.15, -0.1) is 0 Å². The molecule has 3 rings (SSSR count). The van der Waals surface area contributed by atoms with Crippen molar-refractivity contribution in [2.24, 2.45) is 0 Å². The molecule has 0 bridgehead atoms. The largest absolute Gasteiger partial charge is 0.307 e. The highest BCUT2D eigenvalue weighted by atomic mass is 32.2. The van der Waals surface area contributed by atoms with Gasteiger partial charge in [0.05, 0.1) is 17.1 Å². The van der Waals surface area contributed by atoms with Crippen LogP contribution >= 0.6 is 0 Å². The molecule has 25 heavy (non-hydrogen) atoms. The van der Waals surface area contributed by atoms with Gasteiger partial charge in [0.15, 0.2) is 0 Å². The number of nitrogens with zero attached hydrogens (tertiary/aromatic N) is 2. The van der Waals surface area contributed by atoms with Gasteiger partial charge in [0.25, 0.3) is 5.91 Å². The maximum atomic E-state index is 12.4. The fourth-order valence-electron chi connectivity index (χ4n) is 2.40. The SMILES string of the molecule is CCC(C)n1nccc1NC(=O)c1ccc(S(=O)(=O)NC2CC2)cc1. The van der Waals surface area contributed by atoms with Crippen LogP contribution in [0.5, 0.6) is 0 Å². The average molecular weight is 362 g/mol. The van der Waals surface area contributed by atoms with Crippen molar-refractivity contribution in [1.82, 2.24) is 14.5 Å². The second kappa shape index (κ2) is 6.97. The van der Waals surface area contributed by atoms with Crippen LogP contribution in [0.1, 0.15) is 49.5 Å². The van der Waals surface area contributed by atoms with E-state index in [1.54, 1.807) is 16.9 Å². The van der Waals surface area contributed by atoms with E-state index in [0.717, 1.165) is 19.3 Å². The van der Waals surface area contributed by atoms with Crippen molar-refractivity contribution >= 4 is 21.7 Å². The first kappa shape index (κ1) is 17.6. The molecule has 1 aromatic carbocycles. The fourth-order valence-corrected chi connectivity index (χ4v) is 3.71. The maximum absolute atomic E-state index is 12.4. The molecule has 1 unspecified atom stereocenters. The molecule has 0 spiro atoms. The van der Waals surface area contributed by atoms with Gasteiger partial charge in [-0.25, -0.2) is 17.8 Å². The molecule has 1 aliphatic carbocycles. The highest BCUT2D eigenvalue weighted by Gasteiger charge is 2.28. The summed E-state index contributed by atoms with van der Waals surface area (Å²) in [6, 6.07) is 7.89. The Kier molecular flexibility index (Phi) is 4.91. The Hall–Kier alpha value is -2.19. The smallest absolute Gasteiger partial charge is 0.256 e. The maximum Gasteiger partial charge on any atom is 0.256 e. The summed E-state index contributed by atoms with van der Waals surface area (Å²) in [5.74, 6) is 0.315. The number of hydrogen-bond acceptors (Lipinski definition) is 4. The number of hydrogen-bond donors (Lipinski definition) is 2. The molecule has 2 N–H and O–H groups in total. The van der Waals surface area contributed by atoms with E-state index in [-0.39, 0.29) is 22.9 Å². The first-order valence-electron chi connectivity index (χ1n) is 8.38. The van der Waals surface area contributed by atoms with Crippen LogP contribution in [-0.4, -0.2) is 30.1 Å². The van der Waals surface area contributed by atoms with Crippen LogP contribution in [0.2, 0.25) is 0 Å². The molecular formula is C17H22N4O3S. The van der Waals surface area contributed by atoms with Gasteiger partial charge < -0.3 is 5.32 Å². The molecule has 1 amide bonds. The number of nitrogens with one attached hydrogen (secondary N) is 2. The molecule has 0 radical (unpaired) electrons. The summed E-state index contributed by atoms with van der Waals surface area (Å²) >= 11 is 0. The average Bonchev–Trinajstić information content (AvgIpc) is 3.28. The molecule has 2 aromatic rings. The third kappa shape index (κ3) is 4.08. The molecule has 7 nitrogen and oxygen atoms in total. The van der Waals surface area contributed by atoms with Gasteiger partial charge in [0.1, 0.15) is 5.82 Å². The topological polar surface area (TPSA) is 93.1 Å². The zero-order valence-electron chi connectivity index (χ0n) is 14.3. The number of amides is 1. The summed E-state index contributed by atoms with van der Waals surface area (Å²) in [6.45, 7) is 4.07. The van der Waals surface area contributed by atoms with E-state index in [4.69, 9.17) is 0 Å². The zero-order chi connectivity index (χ0) is 18.0.